The first kappa shape index (κ1) is 21.9. The average molecular weight is 401 g/mol. The molecule has 1 amide bonds. The second-order valence-corrected chi connectivity index (χ2v) is 6.34. The predicted octanol–water partition coefficient (Wildman–Crippen LogP) is 1.39. The summed E-state index contributed by atoms with van der Waals surface area (Å²) in [6.07, 6.45) is -0.469. The van der Waals surface area contributed by atoms with Crippen LogP contribution in [0.25, 0.3) is 10.8 Å². The summed E-state index contributed by atoms with van der Waals surface area (Å²) in [5, 5.41) is 4.49. The van der Waals surface area contributed by atoms with Crippen molar-refractivity contribution in [3.63, 3.8) is 0 Å². The molecule has 0 aliphatic rings. The second-order valence-electron chi connectivity index (χ2n) is 6.34. The first-order valence-electron chi connectivity index (χ1n) is 8.89. The molecule has 0 aliphatic heterocycles. The minimum atomic E-state index is -1.39. The zero-order valence-corrected chi connectivity index (χ0v) is 16.5. The van der Waals surface area contributed by atoms with Gasteiger partial charge in [-0.3, -0.25) is 14.4 Å². The molecule has 2 aromatic rings. The topological polar surface area (TPSA) is 108 Å². The summed E-state index contributed by atoms with van der Waals surface area (Å²) in [5.41, 5.74) is 0.729. The SMILES string of the molecule is COC(=O)C[C@H](C(=O)OC)[C@@H](NC(=O)Cc1ccc2ccccc2c1)C(=O)OC. The van der Waals surface area contributed by atoms with E-state index in [1.54, 1.807) is 6.07 Å². The molecule has 2 aromatic carbocycles. The van der Waals surface area contributed by atoms with Crippen LogP contribution in [0.2, 0.25) is 0 Å². The molecule has 0 spiro atoms. The van der Waals surface area contributed by atoms with Crippen LogP contribution in [0.4, 0.5) is 0 Å². The number of fused-ring (bicyclic) bond motifs is 1. The molecule has 0 saturated heterocycles. The van der Waals surface area contributed by atoms with Crippen molar-refractivity contribution in [2.45, 2.75) is 18.9 Å². The van der Waals surface area contributed by atoms with Crippen molar-refractivity contribution >= 4 is 34.6 Å². The highest BCUT2D eigenvalue weighted by Crippen LogP contribution is 2.17. The summed E-state index contributed by atoms with van der Waals surface area (Å²) in [7, 11) is 3.40. The Morgan fingerprint density at radius 1 is 0.862 bits per heavy atom. The Bertz CT molecular complexity index is 909. The van der Waals surface area contributed by atoms with E-state index in [9.17, 15) is 19.2 Å². The van der Waals surface area contributed by atoms with Crippen LogP contribution in [0.1, 0.15) is 12.0 Å². The fraction of sp³-hybridized carbons (Fsp3) is 0.333. The minimum Gasteiger partial charge on any atom is -0.469 e. The number of amides is 1. The molecule has 29 heavy (non-hydrogen) atoms. The van der Waals surface area contributed by atoms with E-state index >= 15 is 0 Å². The number of rotatable bonds is 8. The van der Waals surface area contributed by atoms with Crippen molar-refractivity contribution < 1.29 is 33.4 Å². The molecule has 0 aliphatic carbocycles. The zero-order valence-electron chi connectivity index (χ0n) is 16.5. The lowest BCUT2D eigenvalue weighted by Gasteiger charge is -2.23. The Morgan fingerprint density at radius 2 is 1.52 bits per heavy atom. The smallest absolute Gasteiger partial charge is 0.329 e. The Hall–Kier alpha value is -3.42. The molecule has 8 nitrogen and oxygen atoms in total. The number of hydrogen-bond acceptors (Lipinski definition) is 7. The van der Waals surface area contributed by atoms with Gasteiger partial charge in [-0.05, 0) is 16.3 Å². The molecule has 0 unspecified atom stereocenters. The third kappa shape index (κ3) is 5.78. The van der Waals surface area contributed by atoms with E-state index in [4.69, 9.17) is 4.74 Å². The summed E-state index contributed by atoms with van der Waals surface area (Å²) in [6.45, 7) is 0. The van der Waals surface area contributed by atoms with Gasteiger partial charge in [-0.2, -0.15) is 0 Å². The molecule has 0 radical (unpaired) electrons. The van der Waals surface area contributed by atoms with Gasteiger partial charge in [0, 0.05) is 0 Å². The lowest BCUT2D eigenvalue weighted by Crippen LogP contribution is -2.50. The third-order valence-electron chi connectivity index (χ3n) is 4.47. The Balaban J connectivity index is 2.20. The molecule has 1 N–H and O–H groups in total. The van der Waals surface area contributed by atoms with Crippen molar-refractivity contribution in [2.75, 3.05) is 21.3 Å². The molecule has 0 heterocycles. The molecule has 0 fully saturated rings. The van der Waals surface area contributed by atoms with Crippen molar-refractivity contribution in [3.8, 4) is 0 Å². The zero-order chi connectivity index (χ0) is 21.4. The van der Waals surface area contributed by atoms with Gasteiger partial charge in [-0.1, -0.05) is 42.5 Å². The van der Waals surface area contributed by atoms with Gasteiger partial charge in [0.05, 0.1) is 40.1 Å². The van der Waals surface area contributed by atoms with Crippen LogP contribution in [-0.4, -0.2) is 51.2 Å². The maximum Gasteiger partial charge on any atom is 0.329 e. The summed E-state index contributed by atoms with van der Waals surface area (Å²) < 4.78 is 13.9. The van der Waals surface area contributed by atoms with Crippen LogP contribution in [-0.2, 0) is 39.8 Å². The normalized spacial score (nSPS) is 12.5. The molecule has 2 rings (SSSR count). The molecule has 0 bridgehead atoms. The van der Waals surface area contributed by atoms with Crippen molar-refractivity contribution in [2.24, 2.45) is 5.92 Å². The van der Waals surface area contributed by atoms with E-state index in [0.29, 0.717) is 0 Å². The lowest BCUT2D eigenvalue weighted by atomic mass is 9.95. The molecule has 0 saturated carbocycles. The number of benzene rings is 2. The first-order chi connectivity index (χ1) is 13.9. The van der Waals surface area contributed by atoms with Gasteiger partial charge < -0.3 is 19.5 Å². The van der Waals surface area contributed by atoms with Crippen LogP contribution in [0, 0.1) is 5.92 Å². The average Bonchev–Trinajstić information content (AvgIpc) is 2.74. The highest BCUT2D eigenvalue weighted by atomic mass is 16.5. The number of esters is 3. The van der Waals surface area contributed by atoms with Gasteiger partial charge in [0.25, 0.3) is 0 Å². The number of ether oxygens (including phenoxy) is 3. The number of methoxy groups -OCH3 is 3. The lowest BCUT2D eigenvalue weighted by molar-refractivity contribution is -0.159. The highest BCUT2D eigenvalue weighted by Gasteiger charge is 2.38. The number of carbonyl (C=O) groups excluding carboxylic acids is 4. The van der Waals surface area contributed by atoms with Gasteiger partial charge in [0.15, 0.2) is 0 Å². The van der Waals surface area contributed by atoms with Crippen molar-refractivity contribution in [1.29, 1.82) is 0 Å². The van der Waals surface area contributed by atoms with Gasteiger partial charge in [0.2, 0.25) is 5.91 Å². The maximum atomic E-state index is 12.6. The highest BCUT2D eigenvalue weighted by molar-refractivity contribution is 5.92. The molecule has 154 valence electrons. The maximum absolute atomic E-state index is 12.6. The van der Waals surface area contributed by atoms with Gasteiger partial charge in [0.1, 0.15) is 6.04 Å². The molecule has 2 atom stereocenters. The van der Waals surface area contributed by atoms with Crippen molar-refractivity contribution in [3.05, 3.63) is 48.0 Å². The Labute approximate surface area is 168 Å². The van der Waals surface area contributed by atoms with E-state index < -0.39 is 42.2 Å². The fourth-order valence-corrected chi connectivity index (χ4v) is 2.96. The van der Waals surface area contributed by atoms with E-state index in [1.807, 2.05) is 36.4 Å². The van der Waals surface area contributed by atoms with Gasteiger partial charge in [-0.25, -0.2) is 4.79 Å². The summed E-state index contributed by atoms with van der Waals surface area (Å²) in [4.78, 5) is 48.6. The predicted molar refractivity (Wildman–Crippen MR) is 104 cm³/mol. The number of carbonyl (C=O) groups is 4. The standard InChI is InChI=1S/C21H23NO7/c1-27-18(24)12-16(20(25)28-2)19(21(26)29-3)22-17(23)11-13-8-9-14-6-4-5-7-15(14)10-13/h4-10,16,19H,11-12H2,1-3H3,(H,22,23)/t16-,19+/m0/s1. The molecular formula is C21H23NO7. The molecule has 0 aromatic heterocycles. The summed E-state index contributed by atoms with van der Waals surface area (Å²) in [5.74, 6) is -4.21. The summed E-state index contributed by atoms with van der Waals surface area (Å²) in [6, 6.07) is 11.9. The first-order valence-corrected chi connectivity index (χ1v) is 8.89. The largest absolute Gasteiger partial charge is 0.469 e. The van der Waals surface area contributed by atoms with Gasteiger partial charge in [-0.15, -0.1) is 0 Å². The van der Waals surface area contributed by atoms with E-state index in [0.717, 1.165) is 37.7 Å². The third-order valence-corrected chi connectivity index (χ3v) is 4.47. The Morgan fingerprint density at radius 3 is 2.14 bits per heavy atom. The van der Waals surface area contributed by atoms with Crippen LogP contribution in [0.5, 0.6) is 0 Å². The van der Waals surface area contributed by atoms with Crippen LogP contribution in [0.3, 0.4) is 0 Å². The van der Waals surface area contributed by atoms with Crippen LogP contribution >= 0.6 is 0 Å². The minimum absolute atomic E-state index is 0.0234. The van der Waals surface area contributed by atoms with E-state index in [1.165, 1.54) is 0 Å². The van der Waals surface area contributed by atoms with E-state index in [-0.39, 0.29) is 6.42 Å². The number of hydrogen-bond donors (Lipinski definition) is 1. The quantitative estimate of drug-likeness (QED) is 0.526. The monoisotopic (exact) mass is 401 g/mol. The van der Waals surface area contributed by atoms with Crippen molar-refractivity contribution in [1.82, 2.24) is 5.32 Å². The molecular weight excluding hydrogens is 378 g/mol. The van der Waals surface area contributed by atoms with Gasteiger partial charge >= 0.3 is 17.9 Å². The molecule has 8 heteroatoms. The van der Waals surface area contributed by atoms with E-state index in [2.05, 4.69) is 14.8 Å². The second kappa shape index (κ2) is 10.2. The summed E-state index contributed by atoms with van der Waals surface area (Å²) >= 11 is 0. The van der Waals surface area contributed by atoms with Crippen LogP contribution < -0.4 is 5.32 Å². The van der Waals surface area contributed by atoms with Crippen LogP contribution in [0.15, 0.2) is 42.5 Å². The fourth-order valence-electron chi connectivity index (χ4n) is 2.96. The number of nitrogens with one attached hydrogen (secondary N) is 1. The Kier molecular flexibility index (Phi) is 7.70.